The van der Waals surface area contributed by atoms with Gasteiger partial charge in [0, 0.05) is 19.2 Å². The van der Waals surface area contributed by atoms with Crippen molar-refractivity contribution < 1.29 is 14.6 Å². The number of amides is 2. The van der Waals surface area contributed by atoms with Crippen LogP contribution in [0.2, 0.25) is 0 Å². The Morgan fingerprint density at radius 2 is 2.26 bits per heavy atom. The van der Waals surface area contributed by atoms with Gasteiger partial charge in [0.25, 0.3) is 0 Å². The van der Waals surface area contributed by atoms with Crippen molar-refractivity contribution in [2.24, 2.45) is 0 Å². The van der Waals surface area contributed by atoms with Crippen molar-refractivity contribution in [1.29, 1.82) is 0 Å². The summed E-state index contributed by atoms with van der Waals surface area (Å²) in [5, 5.41) is 11.9. The van der Waals surface area contributed by atoms with E-state index in [9.17, 15) is 4.79 Å². The van der Waals surface area contributed by atoms with Crippen LogP contribution in [0.25, 0.3) is 0 Å². The third kappa shape index (κ3) is 4.94. The molecule has 1 aliphatic rings. The minimum absolute atomic E-state index is 0.0477. The highest BCUT2D eigenvalue weighted by molar-refractivity contribution is 5.74. The van der Waals surface area contributed by atoms with Crippen LogP contribution in [0.5, 0.6) is 0 Å². The number of hydrogen-bond donors (Lipinski definition) is 2. The molecule has 1 saturated heterocycles. The maximum absolute atomic E-state index is 12.4. The van der Waals surface area contributed by atoms with Crippen LogP contribution < -0.4 is 5.32 Å². The number of carbonyl (C=O) groups excluding carboxylic acids is 1. The number of benzene rings is 1. The first-order valence-electron chi connectivity index (χ1n) is 8.36. The van der Waals surface area contributed by atoms with E-state index in [1.807, 2.05) is 11.8 Å². The van der Waals surface area contributed by atoms with Crippen molar-refractivity contribution in [3.05, 3.63) is 34.9 Å². The zero-order valence-electron chi connectivity index (χ0n) is 14.3. The molecule has 1 heterocycles. The molecule has 1 aliphatic heterocycles. The summed E-state index contributed by atoms with van der Waals surface area (Å²) in [4.78, 5) is 14.2. The quantitative estimate of drug-likeness (QED) is 0.876. The number of nitrogens with zero attached hydrogens (tertiary/aromatic N) is 1. The standard InChI is InChI=1S/C18H28N2O3/c1-13-6-7-16(14(2)11-13)17-12-20(8-10-23-17)18(22)19-15(3)5-4-9-21/h6-7,11,15,17,21H,4-5,8-10,12H2,1-3H3,(H,19,22). The Labute approximate surface area is 138 Å². The zero-order chi connectivity index (χ0) is 16.8. The Morgan fingerprint density at radius 3 is 2.96 bits per heavy atom. The lowest BCUT2D eigenvalue weighted by Gasteiger charge is -2.34. The third-order valence-corrected chi connectivity index (χ3v) is 4.29. The second-order valence-corrected chi connectivity index (χ2v) is 6.38. The smallest absolute Gasteiger partial charge is 0.317 e. The monoisotopic (exact) mass is 320 g/mol. The molecule has 2 N–H and O–H groups in total. The number of aliphatic hydroxyl groups is 1. The van der Waals surface area contributed by atoms with Crippen LogP contribution in [0.1, 0.15) is 42.6 Å². The summed E-state index contributed by atoms with van der Waals surface area (Å²) in [6.07, 6.45) is 1.42. The molecule has 0 saturated carbocycles. The van der Waals surface area contributed by atoms with Crippen molar-refractivity contribution in [3.8, 4) is 0 Å². The topological polar surface area (TPSA) is 61.8 Å². The van der Waals surface area contributed by atoms with E-state index in [0.717, 1.165) is 12.0 Å². The average molecular weight is 320 g/mol. The van der Waals surface area contributed by atoms with Gasteiger partial charge in [0.15, 0.2) is 0 Å². The number of hydrogen-bond acceptors (Lipinski definition) is 3. The number of urea groups is 1. The summed E-state index contributed by atoms with van der Waals surface area (Å²) < 4.78 is 5.88. The predicted molar refractivity (Wildman–Crippen MR) is 90.5 cm³/mol. The SMILES string of the molecule is Cc1ccc(C2CN(C(=O)NC(C)CCCO)CCO2)c(C)c1. The molecule has 1 aromatic rings. The van der Waals surface area contributed by atoms with Crippen LogP contribution in [0.4, 0.5) is 4.79 Å². The summed E-state index contributed by atoms with van der Waals surface area (Å²) >= 11 is 0. The van der Waals surface area contributed by atoms with Crippen LogP contribution in [-0.4, -0.2) is 48.4 Å². The van der Waals surface area contributed by atoms with E-state index in [1.54, 1.807) is 0 Å². The lowest BCUT2D eigenvalue weighted by Crippen LogP contribution is -2.49. The molecule has 5 heteroatoms. The highest BCUT2D eigenvalue weighted by Gasteiger charge is 2.26. The van der Waals surface area contributed by atoms with Gasteiger partial charge in [-0.2, -0.15) is 0 Å². The van der Waals surface area contributed by atoms with Gasteiger partial charge in [-0.25, -0.2) is 4.79 Å². The second-order valence-electron chi connectivity index (χ2n) is 6.38. The van der Waals surface area contributed by atoms with Crippen molar-refractivity contribution >= 4 is 6.03 Å². The van der Waals surface area contributed by atoms with Gasteiger partial charge in [0.05, 0.1) is 13.2 Å². The Morgan fingerprint density at radius 1 is 1.48 bits per heavy atom. The molecule has 1 fully saturated rings. The Balaban J connectivity index is 1.96. The second kappa shape index (κ2) is 8.31. The maximum Gasteiger partial charge on any atom is 0.317 e. The number of rotatable bonds is 5. The molecule has 0 aromatic heterocycles. The van der Waals surface area contributed by atoms with Crippen molar-refractivity contribution in [1.82, 2.24) is 10.2 Å². The number of nitrogens with one attached hydrogen (secondary N) is 1. The van der Waals surface area contributed by atoms with Gasteiger partial charge in [-0.05, 0) is 44.7 Å². The van der Waals surface area contributed by atoms with E-state index in [4.69, 9.17) is 9.84 Å². The van der Waals surface area contributed by atoms with Crippen LogP contribution in [0.3, 0.4) is 0 Å². The summed E-state index contributed by atoms with van der Waals surface area (Å²) in [7, 11) is 0. The molecule has 2 atom stereocenters. The lowest BCUT2D eigenvalue weighted by molar-refractivity contribution is -0.0160. The minimum Gasteiger partial charge on any atom is -0.396 e. The fourth-order valence-corrected chi connectivity index (χ4v) is 2.98. The van der Waals surface area contributed by atoms with Crippen molar-refractivity contribution in [3.63, 3.8) is 0 Å². The number of ether oxygens (including phenoxy) is 1. The number of morpholine rings is 1. The van der Waals surface area contributed by atoms with Crippen LogP contribution >= 0.6 is 0 Å². The molecule has 2 rings (SSSR count). The highest BCUT2D eigenvalue weighted by Crippen LogP contribution is 2.25. The molecule has 2 amide bonds. The average Bonchev–Trinajstić information content (AvgIpc) is 2.53. The summed E-state index contributed by atoms with van der Waals surface area (Å²) in [6, 6.07) is 6.35. The van der Waals surface area contributed by atoms with Gasteiger partial charge in [0.2, 0.25) is 0 Å². The lowest BCUT2D eigenvalue weighted by atomic mass is 10.00. The normalized spacial score (nSPS) is 19.5. The Hall–Kier alpha value is -1.59. The van der Waals surface area contributed by atoms with Crippen LogP contribution in [0.15, 0.2) is 18.2 Å². The van der Waals surface area contributed by atoms with Gasteiger partial charge >= 0.3 is 6.03 Å². The molecule has 0 radical (unpaired) electrons. The molecular formula is C18H28N2O3. The first-order chi connectivity index (χ1) is 11.0. The van der Waals surface area contributed by atoms with Gasteiger partial charge in [0.1, 0.15) is 6.10 Å². The Bertz CT molecular complexity index is 533. The van der Waals surface area contributed by atoms with Crippen molar-refractivity contribution in [2.45, 2.75) is 45.8 Å². The molecule has 128 valence electrons. The summed E-state index contributed by atoms with van der Waals surface area (Å²) in [6.45, 7) is 8.02. The van der Waals surface area contributed by atoms with E-state index in [1.165, 1.54) is 11.1 Å². The molecule has 1 aromatic carbocycles. The molecule has 23 heavy (non-hydrogen) atoms. The molecule has 0 spiro atoms. The molecule has 2 unspecified atom stereocenters. The summed E-state index contributed by atoms with van der Waals surface area (Å²) in [5.74, 6) is 0. The molecular weight excluding hydrogens is 292 g/mol. The van der Waals surface area contributed by atoms with Crippen LogP contribution in [-0.2, 0) is 4.74 Å². The molecule has 0 bridgehead atoms. The first kappa shape index (κ1) is 17.8. The fraction of sp³-hybridized carbons (Fsp3) is 0.611. The minimum atomic E-state index is -0.0668. The van der Waals surface area contributed by atoms with Gasteiger partial charge in [-0.15, -0.1) is 0 Å². The first-order valence-corrected chi connectivity index (χ1v) is 8.36. The van der Waals surface area contributed by atoms with Crippen LogP contribution in [0, 0.1) is 13.8 Å². The highest BCUT2D eigenvalue weighted by atomic mass is 16.5. The number of carbonyl (C=O) groups is 1. The van der Waals surface area contributed by atoms with E-state index in [2.05, 4.69) is 37.4 Å². The fourth-order valence-electron chi connectivity index (χ4n) is 2.98. The van der Waals surface area contributed by atoms with E-state index in [0.29, 0.717) is 26.1 Å². The molecule has 5 nitrogen and oxygen atoms in total. The van der Waals surface area contributed by atoms with Crippen molar-refractivity contribution in [2.75, 3.05) is 26.3 Å². The number of aryl methyl sites for hydroxylation is 2. The predicted octanol–water partition coefficient (Wildman–Crippen LogP) is 2.55. The largest absolute Gasteiger partial charge is 0.396 e. The maximum atomic E-state index is 12.4. The van der Waals surface area contributed by atoms with E-state index < -0.39 is 0 Å². The van der Waals surface area contributed by atoms with E-state index >= 15 is 0 Å². The van der Waals surface area contributed by atoms with Gasteiger partial charge < -0.3 is 20.1 Å². The molecule has 0 aliphatic carbocycles. The van der Waals surface area contributed by atoms with E-state index in [-0.39, 0.29) is 24.8 Å². The Kier molecular flexibility index (Phi) is 6.42. The number of aliphatic hydroxyl groups excluding tert-OH is 1. The third-order valence-electron chi connectivity index (χ3n) is 4.29. The van der Waals surface area contributed by atoms with Gasteiger partial charge in [-0.3, -0.25) is 0 Å². The van der Waals surface area contributed by atoms with Gasteiger partial charge in [-0.1, -0.05) is 23.8 Å². The summed E-state index contributed by atoms with van der Waals surface area (Å²) in [5.41, 5.74) is 3.59. The zero-order valence-corrected chi connectivity index (χ0v) is 14.3.